The molecule has 0 saturated carbocycles. The van der Waals surface area contributed by atoms with Gasteiger partial charge >= 0.3 is 0 Å². The lowest BCUT2D eigenvalue weighted by Gasteiger charge is -2.35. The number of hydrogen-bond acceptors (Lipinski definition) is 5. The van der Waals surface area contributed by atoms with E-state index >= 15 is 0 Å². The first-order valence-corrected chi connectivity index (χ1v) is 9.45. The molecule has 8 heteroatoms. The molecule has 0 bridgehead atoms. The van der Waals surface area contributed by atoms with E-state index in [2.05, 4.69) is 19.8 Å². The molecule has 0 atom stereocenters. The molecule has 0 aliphatic carbocycles. The molecule has 0 radical (unpaired) electrons. The maximum atomic E-state index is 6.26. The monoisotopic (exact) mass is 379 g/mol. The number of methoxy groups -OCH3 is 1. The summed E-state index contributed by atoms with van der Waals surface area (Å²) in [6, 6.07) is 5.70. The molecule has 3 rings (SSSR count). The van der Waals surface area contributed by atoms with Crippen molar-refractivity contribution in [1.82, 2.24) is 9.88 Å². The number of nitrogens with two attached hydrogens (primary N) is 1. The number of thiazole rings is 1. The second kappa shape index (κ2) is 8.40. The summed E-state index contributed by atoms with van der Waals surface area (Å²) in [7, 11) is 1.63. The highest BCUT2D eigenvalue weighted by Gasteiger charge is 2.19. The van der Waals surface area contributed by atoms with Crippen molar-refractivity contribution in [3.05, 3.63) is 40.4 Å². The Bertz CT molecular complexity index is 714. The summed E-state index contributed by atoms with van der Waals surface area (Å²) in [6.45, 7) is 4.16. The van der Waals surface area contributed by atoms with E-state index in [1.807, 2.05) is 29.8 Å². The van der Waals surface area contributed by atoms with Crippen LogP contribution in [0.1, 0.15) is 5.56 Å². The zero-order chi connectivity index (χ0) is 17.6. The summed E-state index contributed by atoms with van der Waals surface area (Å²) >= 11 is 7.92. The van der Waals surface area contributed by atoms with E-state index < -0.39 is 0 Å². The van der Waals surface area contributed by atoms with Crippen molar-refractivity contribution in [2.24, 2.45) is 10.7 Å². The number of aromatic nitrogens is 1. The Kier molecular flexibility index (Phi) is 5.99. The van der Waals surface area contributed by atoms with Gasteiger partial charge in [-0.1, -0.05) is 17.7 Å². The lowest BCUT2D eigenvalue weighted by Crippen LogP contribution is -2.51. The number of guanidine groups is 1. The molecular formula is C17H22ClN5OS. The zero-order valence-corrected chi connectivity index (χ0v) is 15.8. The normalized spacial score (nSPS) is 15.5. The fourth-order valence-corrected chi connectivity index (χ4v) is 3.71. The third kappa shape index (κ3) is 4.55. The summed E-state index contributed by atoms with van der Waals surface area (Å²) in [5.74, 6) is 1.36. The predicted molar refractivity (Wildman–Crippen MR) is 104 cm³/mol. The van der Waals surface area contributed by atoms with Crippen LogP contribution in [0.5, 0.6) is 5.75 Å². The fraction of sp³-hybridized carbons (Fsp3) is 0.412. The topological polar surface area (TPSA) is 67.0 Å². The molecule has 0 amide bonds. The van der Waals surface area contributed by atoms with Crippen molar-refractivity contribution in [2.45, 2.75) is 6.42 Å². The SMILES string of the molecule is COc1ccc(CCN=C(N)N2CCN(c3nccs3)CC2)c(Cl)c1. The third-order valence-corrected chi connectivity index (χ3v) is 5.39. The van der Waals surface area contributed by atoms with Gasteiger partial charge in [0.25, 0.3) is 0 Å². The lowest BCUT2D eigenvalue weighted by atomic mass is 10.1. The van der Waals surface area contributed by atoms with Crippen LogP contribution in [0.3, 0.4) is 0 Å². The summed E-state index contributed by atoms with van der Waals surface area (Å²) in [5, 5.41) is 3.77. The van der Waals surface area contributed by atoms with Gasteiger partial charge in [0.2, 0.25) is 0 Å². The molecule has 25 heavy (non-hydrogen) atoms. The highest BCUT2D eigenvalue weighted by atomic mass is 35.5. The van der Waals surface area contributed by atoms with Gasteiger partial charge in [0, 0.05) is 49.3 Å². The molecule has 2 heterocycles. The minimum Gasteiger partial charge on any atom is -0.497 e. The minimum atomic E-state index is 0.600. The highest BCUT2D eigenvalue weighted by molar-refractivity contribution is 7.13. The molecule has 1 aromatic carbocycles. The van der Waals surface area contributed by atoms with Crippen LogP contribution >= 0.6 is 22.9 Å². The van der Waals surface area contributed by atoms with Crippen molar-refractivity contribution in [3.63, 3.8) is 0 Å². The second-order valence-corrected chi connectivity index (χ2v) is 7.02. The lowest BCUT2D eigenvalue weighted by molar-refractivity contribution is 0.380. The largest absolute Gasteiger partial charge is 0.497 e. The van der Waals surface area contributed by atoms with Gasteiger partial charge in [0.15, 0.2) is 11.1 Å². The molecule has 0 spiro atoms. The van der Waals surface area contributed by atoms with Gasteiger partial charge in [0.05, 0.1) is 7.11 Å². The Morgan fingerprint density at radius 2 is 2.16 bits per heavy atom. The van der Waals surface area contributed by atoms with Crippen LogP contribution in [0.4, 0.5) is 5.13 Å². The van der Waals surface area contributed by atoms with E-state index in [0.29, 0.717) is 17.5 Å². The van der Waals surface area contributed by atoms with E-state index in [4.69, 9.17) is 22.1 Å². The van der Waals surface area contributed by atoms with Crippen LogP contribution in [-0.2, 0) is 6.42 Å². The van der Waals surface area contributed by atoms with Crippen LogP contribution in [-0.4, -0.2) is 55.7 Å². The third-order valence-electron chi connectivity index (χ3n) is 4.21. The number of aliphatic imine (C=N–C) groups is 1. The van der Waals surface area contributed by atoms with Crippen molar-refractivity contribution in [1.29, 1.82) is 0 Å². The quantitative estimate of drug-likeness (QED) is 0.638. The van der Waals surface area contributed by atoms with Crippen LogP contribution in [0.15, 0.2) is 34.8 Å². The van der Waals surface area contributed by atoms with Gasteiger partial charge in [-0.05, 0) is 24.1 Å². The van der Waals surface area contributed by atoms with Crippen LogP contribution in [0, 0.1) is 0 Å². The van der Waals surface area contributed by atoms with Crippen molar-refractivity contribution < 1.29 is 4.74 Å². The molecule has 1 saturated heterocycles. The van der Waals surface area contributed by atoms with Crippen LogP contribution in [0.2, 0.25) is 5.02 Å². The first-order valence-electron chi connectivity index (χ1n) is 8.19. The molecular weight excluding hydrogens is 358 g/mol. The molecule has 1 aliphatic rings. The maximum absolute atomic E-state index is 6.26. The number of anilines is 1. The smallest absolute Gasteiger partial charge is 0.191 e. The number of piperazine rings is 1. The summed E-state index contributed by atoms with van der Waals surface area (Å²) in [4.78, 5) is 13.3. The van der Waals surface area contributed by atoms with Gasteiger partial charge in [-0.25, -0.2) is 4.98 Å². The number of nitrogens with zero attached hydrogens (tertiary/aromatic N) is 4. The summed E-state index contributed by atoms with van der Waals surface area (Å²) in [6.07, 6.45) is 2.59. The van der Waals surface area contributed by atoms with E-state index in [1.165, 1.54) is 0 Å². The van der Waals surface area contributed by atoms with Crippen molar-refractivity contribution >= 4 is 34.0 Å². The van der Waals surface area contributed by atoms with Gasteiger partial charge in [-0.15, -0.1) is 11.3 Å². The van der Waals surface area contributed by atoms with Gasteiger partial charge in [-0.2, -0.15) is 0 Å². The zero-order valence-electron chi connectivity index (χ0n) is 14.2. The number of ether oxygens (including phenoxy) is 1. The number of rotatable bonds is 5. The summed E-state index contributed by atoms with van der Waals surface area (Å²) in [5.41, 5.74) is 7.20. The molecule has 1 aliphatic heterocycles. The minimum absolute atomic E-state index is 0.600. The van der Waals surface area contributed by atoms with Crippen molar-refractivity contribution in [2.75, 3.05) is 44.7 Å². The Hall–Kier alpha value is -1.99. The molecule has 2 N–H and O–H groups in total. The Balaban J connectivity index is 1.49. The standard InChI is InChI=1S/C17H22ClN5OS/c1-24-14-3-2-13(15(18)12-14)4-5-20-16(19)22-7-9-23(10-8-22)17-21-6-11-25-17/h2-3,6,11-12H,4-5,7-10H2,1H3,(H2,19,20). The van der Waals surface area contributed by atoms with E-state index in [1.54, 1.807) is 18.4 Å². The maximum Gasteiger partial charge on any atom is 0.191 e. The van der Waals surface area contributed by atoms with E-state index in [0.717, 1.165) is 49.0 Å². The molecule has 6 nitrogen and oxygen atoms in total. The average molecular weight is 380 g/mol. The van der Waals surface area contributed by atoms with E-state index in [-0.39, 0.29) is 0 Å². The molecule has 1 aromatic heterocycles. The molecule has 134 valence electrons. The first-order chi connectivity index (χ1) is 12.2. The number of hydrogen-bond donors (Lipinski definition) is 1. The Morgan fingerprint density at radius 3 is 2.80 bits per heavy atom. The Morgan fingerprint density at radius 1 is 1.36 bits per heavy atom. The summed E-state index contributed by atoms with van der Waals surface area (Å²) < 4.78 is 5.16. The average Bonchev–Trinajstić information content (AvgIpc) is 3.17. The highest BCUT2D eigenvalue weighted by Crippen LogP contribution is 2.23. The van der Waals surface area contributed by atoms with Gasteiger partial charge in [-0.3, -0.25) is 4.99 Å². The van der Waals surface area contributed by atoms with Crippen molar-refractivity contribution in [3.8, 4) is 5.75 Å². The fourth-order valence-electron chi connectivity index (χ4n) is 2.75. The van der Waals surface area contributed by atoms with Crippen LogP contribution < -0.4 is 15.4 Å². The number of halogens is 1. The number of benzene rings is 1. The van der Waals surface area contributed by atoms with Gasteiger partial charge in [0.1, 0.15) is 5.75 Å². The molecule has 1 fully saturated rings. The second-order valence-electron chi connectivity index (χ2n) is 5.74. The molecule has 0 unspecified atom stereocenters. The molecule has 2 aromatic rings. The predicted octanol–water partition coefficient (Wildman–Crippen LogP) is 2.48. The first kappa shape index (κ1) is 17.8. The Labute approximate surface area is 156 Å². The van der Waals surface area contributed by atoms with E-state index in [9.17, 15) is 0 Å². The van der Waals surface area contributed by atoms with Crippen LogP contribution in [0.25, 0.3) is 0 Å². The van der Waals surface area contributed by atoms with Gasteiger partial charge < -0.3 is 20.3 Å².